The third kappa shape index (κ3) is 2.68. The molecule has 0 saturated carbocycles. The molecule has 0 aromatic heterocycles. The summed E-state index contributed by atoms with van der Waals surface area (Å²) < 4.78 is 1.75. The van der Waals surface area contributed by atoms with Gasteiger partial charge in [0.25, 0.3) is 0 Å². The Balaban J connectivity index is 2.57. The number of thiol groups is 1. The number of nitrogens with zero attached hydrogens (tertiary/aromatic N) is 1. The molecule has 0 aliphatic rings. The van der Waals surface area contributed by atoms with Gasteiger partial charge >= 0.3 is 0 Å². The van der Waals surface area contributed by atoms with Crippen molar-refractivity contribution in [2.45, 2.75) is 6.54 Å². The van der Waals surface area contributed by atoms with Crippen molar-refractivity contribution in [2.75, 3.05) is 0 Å². The van der Waals surface area contributed by atoms with E-state index in [-0.39, 0.29) is 0 Å². The highest BCUT2D eigenvalue weighted by Crippen LogP contribution is 2.05. The molecule has 0 heterocycles. The number of rotatable bonds is 3. The first-order chi connectivity index (χ1) is 5.33. The van der Waals surface area contributed by atoms with Crippen LogP contribution in [0.25, 0.3) is 0 Å². The molecule has 0 spiro atoms. The van der Waals surface area contributed by atoms with E-state index in [9.17, 15) is 0 Å². The monoisotopic (exact) mass is 165 g/mol. The van der Waals surface area contributed by atoms with Gasteiger partial charge < -0.3 is 4.31 Å². The molecule has 0 unspecified atom stereocenters. The van der Waals surface area contributed by atoms with Crippen LogP contribution < -0.4 is 0 Å². The molecular weight excluding hydrogens is 154 g/mol. The van der Waals surface area contributed by atoms with Gasteiger partial charge in [0.05, 0.1) is 6.54 Å². The van der Waals surface area contributed by atoms with E-state index < -0.39 is 0 Å². The lowest BCUT2D eigenvalue weighted by atomic mass is 10.2. The Morgan fingerprint density at radius 1 is 1.36 bits per heavy atom. The van der Waals surface area contributed by atoms with Gasteiger partial charge in [-0.1, -0.05) is 49.7 Å². The molecule has 1 aromatic carbocycles. The minimum absolute atomic E-state index is 0.799. The van der Waals surface area contributed by atoms with Crippen LogP contribution in [0.15, 0.2) is 43.1 Å². The molecular formula is C9H11NS. The summed E-state index contributed by atoms with van der Waals surface area (Å²) >= 11 is 4.16. The number of hydrogen-bond donors (Lipinski definition) is 1. The van der Waals surface area contributed by atoms with Gasteiger partial charge in [0.15, 0.2) is 0 Å². The molecule has 0 N–H and O–H groups in total. The van der Waals surface area contributed by atoms with Gasteiger partial charge in [0.2, 0.25) is 0 Å². The average molecular weight is 165 g/mol. The highest BCUT2D eigenvalue weighted by molar-refractivity contribution is 7.77. The second-order valence-corrected chi connectivity index (χ2v) is 2.78. The Bertz CT molecular complexity index is 220. The fraction of sp³-hybridized carbons (Fsp3) is 0.111. The van der Waals surface area contributed by atoms with Gasteiger partial charge in [-0.15, -0.1) is 0 Å². The zero-order valence-corrected chi connectivity index (χ0v) is 7.17. The molecule has 58 valence electrons. The summed E-state index contributed by atoms with van der Waals surface area (Å²) in [4.78, 5) is 0. The third-order valence-corrected chi connectivity index (χ3v) is 1.70. The van der Waals surface area contributed by atoms with Crippen LogP contribution in [-0.2, 0) is 6.54 Å². The van der Waals surface area contributed by atoms with Crippen LogP contribution in [0.1, 0.15) is 5.56 Å². The molecule has 0 aliphatic carbocycles. The topological polar surface area (TPSA) is 3.24 Å². The highest BCUT2D eigenvalue weighted by atomic mass is 32.1. The molecule has 0 atom stereocenters. The summed E-state index contributed by atoms with van der Waals surface area (Å²) in [7, 11) is 0. The summed E-state index contributed by atoms with van der Waals surface area (Å²) in [5, 5.41) is 0. The van der Waals surface area contributed by atoms with Crippen molar-refractivity contribution in [1.29, 1.82) is 0 Å². The van der Waals surface area contributed by atoms with Crippen molar-refractivity contribution < 1.29 is 0 Å². The fourth-order valence-corrected chi connectivity index (χ4v) is 0.998. The largest absolute Gasteiger partial charge is 0.322 e. The maximum Gasteiger partial charge on any atom is 0.0536 e. The van der Waals surface area contributed by atoms with Crippen LogP contribution in [-0.4, -0.2) is 4.31 Å². The van der Waals surface area contributed by atoms with E-state index in [0.717, 1.165) is 6.54 Å². The molecule has 0 fully saturated rings. The number of benzene rings is 1. The van der Waals surface area contributed by atoms with Crippen molar-refractivity contribution in [3.05, 3.63) is 48.7 Å². The molecule has 0 radical (unpaired) electrons. The molecule has 0 saturated heterocycles. The van der Waals surface area contributed by atoms with E-state index in [1.165, 1.54) is 5.56 Å². The maximum absolute atomic E-state index is 4.16. The van der Waals surface area contributed by atoms with Gasteiger partial charge in [-0.2, -0.15) is 0 Å². The van der Waals surface area contributed by atoms with Gasteiger partial charge in [-0.3, -0.25) is 0 Å². The van der Waals surface area contributed by atoms with Crippen molar-refractivity contribution in [3.8, 4) is 0 Å². The van der Waals surface area contributed by atoms with Gasteiger partial charge in [-0.05, 0) is 5.56 Å². The maximum atomic E-state index is 4.16. The van der Waals surface area contributed by atoms with E-state index >= 15 is 0 Å². The first-order valence-electron chi connectivity index (χ1n) is 3.45. The Morgan fingerprint density at radius 2 is 2.00 bits per heavy atom. The van der Waals surface area contributed by atoms with Gasteiger partial charge in [-0.25, -0.2) is 0 Å². The summed E-state index contributed by atoms with van der Waals surface area (Å²) in [6.07, 6.45) is 1.69. The standard InChI is InChI=1S/C9H11NS/c1-2-10(11)8-9-6-4-3-5-7-9/h2-7,11H,1,8H2. The summed E-state index contributed by atoms with van der Waals surface area (Å²) in [6, 6.07) is 10.2. The van der Waals surface area contributed by atoms with Crippen LogP contribution in [0.5, 0.6) is 0 Å². The van der Waals surface area contributed by atoms with Crippen LogP contribution in [0, 0.1) is 0 Å². The second-order valence-electron chi connectivity index (χ2n) is 2.27. The molecule has 0 aliphatic heterocycles. The highest BCUT2D eigenvalue weighted by Gasteiger charge is 1.92. The predicted molar refractivity (Wildman–Crippen MR) is 51.2 cm³/mol. The quantitative estimate of drug-likeness (QED) is 0.673. The van der Waals surface area contributed by atoms with Crippen LogP contribution >= 0.6 is 12.8 Å². The van der Waals surface area contributed by atoms with Crippen LogP contribution in [0.2, 0.25) is 0 Å². The summed E-state index contributed by atoms with van der Waals surface area (Å²) in [5.74, 6) is 0. The van der Waals surface area contributed by atoms with Crippen LogP contribution in [0.4, 0.5) is 0 Å². The van der Waals surface area contributed by atoms with E-state index in [4.69, 9.17) is 0 Å². The van der Waals surface area contributed by atoms with Crippen LogP contribution in [0.3, 0.4) is 0 Å². The molecule has 0 amide bonds. The Hall–Kier alpha value is -0.890. The lowest BCUT2D eigenvalue weighted by Gasteiger charge is -2.10. The van der Waals surface area contributed by atoms with Crippen molar-refractivity contribution in [2.24, 2.45) is 0 Å². The minimum Gasteiger partial charge on any atom is -0.322 e. The number of hydrogen-bond acceptors (Lipinski definition) is 2. The molecule has 11 heavy (non-hydrogen) atoms. The van der Waals surface area contributed by atoms with Crippen molar-refractivity contribution in [3.63, 3.8) is 0 Å². The van der Waals surface area contributed by atoms with E-state index in [0.29, 0.717) is 0 Å². The second kappa shape index (κ2) is 4.09. The van der Waals surface area contributed by atoms with E-state index in [2.05, 4.69) is 31.5 Å². The molecule has 0 bridgehead atoms. The first-order valence-corrected chi connectivity index (χ1v) is 3.85. The third-order valence-electron chi connectivity index (χ3n) is 1.40. The Labute approximate surface area is 72.9 Å². The zero-order chi connectivity index (χ0) is 8.10. The minimum atomic E-state index is 0.799. The SMILES string of the molecule is C=CN(S)Cc1ccccc1. The van der Waals surface area contributed by atoms with Crippen molar-refractivity contribution in [1.82, 2.24) is 4.31 Å². The predicted octanol–water partition coefficient (Wildman–Crippen LogP) is 2.48. The lowest BCUT2D eigenvalue weighted by Crippen LogP contribution is -2.01. The first kappa shape index (κ1) is 8.21. The molecule has 1 aromatic rings. The Kier molecular flexibility index (Phi) is 3.05. The normalized spacial score (nSPS) is 9.18. The van der Waals surface area contributed by atoms with Gasteiger partial charge in [0, 0.05) is 6.20 Å². The lowest BCUT2D eigenvalue weighted by molar-refractivity contribution is 0.629. The van der Waals surface area contributed by atoms with E-state index in [1.807, 2.05) is 18.2 Å². The van der Waals surface area contributed by atoms with Gasteiger partial charge in [0.1, 0.15) is 0 Å². The fourth-order valence-electron chi connectivity index (χ4n) is 0.835. The Morgan fingerprint density at radius 3 is 2.55 bits per heavy atom. The molecule has 1 nitrogen and oxygen atoms in total. The summed E-state index contributed by atoms with van der Waals surface area (Å²) in [6.45, 7) is 4.41. The molecule has 1 rings (SSSR count). The smallest absolute Gasteiger partial charge is 0.0536 e. The summed E-state index contributed by atoms with van der Waals surface area (Å²) in [5.41, 5.74) is 1.24. The molecule has 2 heteroatoms. The average Bonchev–Trinajstić information content (AvgIpc) is 2.06. The zero-order valence-electron chi connectivity index (χ0n) is 6.27. The van der Waals surface area contributed by atoms with E-state index in [1.54, 1.807) is 10.5 Å². The van der Waals surface area contributed by atoms with Crippen molar-refractivity contribution >= 4 is 12.8 Å².